The van der Waals surface area contributed by atoms with Crippen LogP contribution in [0.5, 0.6) is 0 Å². The number of para-hydroxylation sites is 1. The van der Waals surface area contributed by atoms with Crippen molar-refractivity contribution >= 4 is 21.7 Å². The number of rotatable bonds is 3. The number of sulfonamides is 1. The molecule has 0 bridgehead atoms. The first kappa shape index (κ1) is 13.8. The summed E-state index contributed by atoms with van der Waals surface area (Å²) in [4.78, 5) is 12.7. The van der Waals surface area contributed by atoms with Gasteiger partial charge in [-0.05, 0) is 12.1 Å². The van der Waals surface area contributed by atoms with Gasteiger partial charge in [-0.1, -0.05) is 12.1 Å². The van der Waals surface area contributed by atoms with Gasteiger partial charge in [0.25, 0.3) is 0 Å². The number of nitrogens with zero attached hydrogens (tertiary/aromatic N) is 1. The van der Waals surface area contributed by atoms with Gasteiger partial charge in [0.2, 0.25) is 10.0 Å². The zero-order chi connectivity index (χ0) is 14.0. The Kier molecular flexibility index (Phi) is 3.74. The Morgan fingerprint density at radius 3 is 2.74 bits per heavy atom. The lowest BCUT2D eigenvalue weighted by atomic mass is 10.1. The SMILES string of the molecule is NS(=O)(=O)c1ccccc1N1CCNCC1C(=O)O. The Morgan fingerprint density at radius 2 is 2.11 bits per heavy atom. The molecule has 104 valence electrons. The minimum Gasteiger partial charge on any atom is -0.480 e. The van der Waals surface area contributed by atoms with Crippen LogP contribution in [0.3, 0.4) is 0 Å². The fraction of sp³-hybridized carbons (Fsp3) is 0.364. The first-order valence-corrected chi connectivity index (χ1v) is 7.28. The van der Waals surface area contributed by atoms with Gasteiger partial charge in [0.15, 0.2) is 0 Å². The van der Waals surface area contributed by atoms with Crippen molar-refractivity contribution in [1.82, 2.24) is 5.32 Å². The highest BCUT2D eigenvalue weighted by Gasteiger charge is 2.31. The molecule has 1 aliphatic heterocycles. The Bertz CT molecular complexity index is 587. The molecule has 1 fully saturated rings. The van der Waals surface area contributed by atoms with Gasteiger partial charge in [0.05, 0.1) is 5.69 Å². The van der Waals surface area contributed by atoms with Crippen LogP contribution in [0.1, 0.15) is 0 Å². The van der Waals surface area contributed by atoms with E-state index in [0.29, 0.717) is 18.8 Å². The summed E-state index contributed by atoms with van der Waals surface area (Å²) in [5, 5.41) is 17.3. The maximum Gasteiger partial charge on any atom is 0.327 e. The first-order chi connectivity index (χ1) is 8.91. The smallest absolute Gasteiger partial charge is 0.327 e. The van der Waals surface area contributed by atoms with E-state index in [0.717, 1.165) is 0 Å². The van der Waals surface area contributed by atoms with E-state index in [-0.39, 0.29) is 11.4 Å². The summed E-state index contributed by atoms with van der Waals surface area (Å²) in [6.45, 7) is 1.25. The van der Waals surface area contributed by atoms with Crippen LogP contribution in [0.4, 0.5) is 5.69 Å². The summed E-state index contributed by atoms with van der Waals surface area (Å²) in [6.07, 6.45) is 0. The zero-order valence-corrected chi connectivity index (χ0v) is 10.9. The first-order valence-electron chi connectivity index (χ1n) is 5.73. The minimum atomic E-state index is -3.89. The van der Waals surface area contributed by atoms with Crippen LogP contribution in [0.2, 0.25) is 0 Å². The largest absolute Gasteiger partial charge is 0.480 e. The van der Waals surface area contributed by atoms with Crippen LogP contribution in [0.25, 0.3) is 0 Å². The molecule has 1 aliphatic rings. The predicted molar refractivity (Wildman–Crippen MR) is 69.5 cm³/mol. The summed E-state index contributed by atoms with van der Waals surface area (Å²) in [7, 11) is -3.89. The highest BCUT2D eigenvalue weighted by atomic mass is 32.2. The molecule has 0 aromatic heterocycles. The molecule has 0 radical (unpaired) electrons. The van der Waals surface area contributed by atoms with Crippen LogP contribution < -0.4 is 15.4 Å². The molecule has 0 aliphatic carbocycles. The van der Waals surface area contributed by atoms with Crippen LogP contribution in [0, 0.1) is 0 Å². The topological polar surface area (TPSA) is 113 Å². The van der Waals surface area contributed by atoms with Crippen LogP contribution in [-0.2, 0) is 14.8 Å². The molecule has 19 heavy (non-hydrogen) atoms. The molecule has 7 nitrogen and oxygen atoms in total. The normalized spacial score (nSPS) is 20.3. The number of hydrogen-bond acceptors (Lipinski definition) is 5. The van der Waals surface area contributed by atoms with Crippen molar-refractivity contribution in [2.24, 2.45) is 5.14 Å². The lowest BCUT2D eigenvalue weighted by Gasteiger charge is -2.36. The average molecular weight is 285 g/mol. The monoisotopic (exact) mass is 285 g/mol. The van der Waals surface area contributed by atoms with Gasteiger partial charge in [0.1, 0.15) is 10.9 Å². The Morgan fingerprint density at radius 1 is 1.42 bits per heavy atom. The number of carboxylic acids is 1. The number of carboxylic acid groups (broad SMARTS) is 1. The van der Waals surface area contributed by atoms with Gasteiger partial charge in [0, 0.05) is 19.6 Å². The lowest BCUT2D eigenvalue weighted by molar-refractivity contribution is -0.138. The molecule has 1 saturated heterocycles. The Balaban J connectivity index is 2.48. The molecule has 0 spiro atoms. The van der Waals surface area contributed by atoms with E-state index in [1.807, 2.05) is 0 Å². The maximum absolute atomic E-state index is 11.6. The number of nitrogens with one attached hydrogen (secondary N) is 1. The molecule has 1 aromatic carbocycles. The van der Waals surface area contributed by atoms with Crippen LogP contribution >= 0.6 is 0 Å². The predicted octanol–water partition coefficient (Wildman–Crippen LogP) is -0.803. The minimum absolute atomic E-state index is 0.0526. The molecule has 2 rings (SSSR count). The quantitative estimate of drug-likeness (QED) is 0.670. The molecule has 0 amide bonds. The number of carbonyl (C=O) groups is 1. The van der Waals surface area contributed by atoms with E-state index < -0.39 is 22.0 Å². The van der Waals surface area contributed by atoms with Crippen LogP contribution in [-0.4, -0.2) is 45.2 Å². The van der Waals surface area contributed by atoms with Crippen molar-refractivity contribution < 1.29 is 18.3 Å². The fourth-order valence-corrected chi connectivity index (χ4v) is 2.89. The second-order valence-corrected chi connectivity index (χ2v) is 5.79. The molecule has 0 saturated carbocycles. The van der Waals surface area contributed by atoms with Crippen molar-refractivity contribution in [3.63, 3.8) is 0 Å². The van der Waals surface area contributed by atoms with Crippen molar-refractivity contribution in [2.45, 2.75) is 10.9 Å². The molecule has 1 unspecified atom stereocenters. The Hall–Kier alpha value is -1.64. The Labute approximate surface area is 111 Å². The zero-order valence-electron chi connectivity index (χ0n) is 10.1. The lowest BCUT2D eigenvalue weighted by Crippen LogP contribution is -2.55. The molecule has 1 atom stereocenters. The number of aliphatic carboxylic acids is 1. The van der Waals surface area contributed by atoms with E-state index in [2.05, 4.69) is 5.32 Å². The van der Waals surface area contributed by atoms with E-state index in [1.54, 1.807) is 23.1 Å². The molecule has 1 aromatic rings. The molecule has 1 heterocycles. The number of primary sulfonamides is 1. The third kappa shape index (κ3) is 2.86. The molecular weight excluding hydrogens is 270 g/mol. The fourth-order valence-electron chi connectivity index (χ4n) is 2.15. The second-order valence-electron chi connectivity index (χ2n) is 4.26. The summed E-state index contributed by atoms with van der Waals surface area (Å²) >= 11 is 0. The van der Waals surface area contributed by atoms with Gasteiger partial charge < -0.3 is 15.3 Å². The number of piperazine rings is 1. The number of hydrogen-bond donors (Lipinski definition) is 3. The number of benzene rings is 1. The number of nitrogens with two attached hydrogens (primary N) is 1. The average Bonchev–Trinajstić information content (AvgIpc) is 2.37. The van der Waals surface area contributed by atoms with Gasteiger partial charge in [-0.2, -0.15) is 0 Å². The summed E-state index contributed by atoms with van der Waals surface area (Å²) in [5.74, 6) is -1.00. The standard InChI is InChI=1S/C11H15N3O4S/c12-19(17,18)10-4-2-1-3-8(10)14-6-5-13-7-9(14)11(15)16/h1-4,9,13H,5-7H2,(H,15,16)(H2,12,17,18). The van der Waals surface area contributed by atoms with Gasteiger partial charge in [-0.15, -0.1) is 0 Å². The highest BCUT2D eigenvalue weighted by Crippen LogP contribution is 2.26. The van der Waals surface area contributed by atoms with Crippen molar-refractivity contribution in [3.05, 3.63) is 24.3 Å². The van der Waals surface area contributed by atoms with Crippen LogP contribution in [0.15, 0.2) is 29.2 Å². The van der Waals surface area contributed by atoms with Crippen molar-refractivity contribution in [3.8, 4) is 0 Å². The van der Waals surface area contributed by atoms with Gasteiger partial charge >= 0.3 is 5.97 Å². The van der Waals surface area contributed by atoms with Gasteiger partial charge in [-0.3, -0.25) is 0 Å². The van der Waals surface area contributed by atoms with E-state index in [4.69, 9.17) is 5.14 Å². The third-order valence-corrected chi connectivity index (χ3v) is 3.97. The molecule has 8 heteroatoms. The van der Waals surface area contributed by atoms with E-state index in [9.17, 15) is 18.3 Å². The molecule has 4 N–H and O–H groups in total. The maximum atomic E-state index is 11.6. The highest BCUT2D eigenvalue weighted by molar-refractivity contribution is 7.89. The third-order valence-electron chi connectivity index (χ3n) is 3.01. The summed E-state index contributed by atoms with van der Waals surface area (Å²) in [6, 6.07) is 5.36. The van der Waals surface area contributed by atoms with E-state index >= 15 is 0 Å². The van der Waals surface area contributed by atoms with Gasteiger partial charge in [-0.25, -0.2) is 18.4 Å². The van der Waals surface area contributed by atoms with Crippen molar-refractivity contribution in [2.75, 3.05) is 24.5 Å². The number of anilines is 1. The second kappa shape index (κ2) is 5.16. The summed E-state index contributed by atoms with van der Waals surface area (Å²) < 4.78 is 23.1. The van der Waals surface area contributed by atoms with E-state index in [1.165, 1.54) is 6.07 Å². The van der Waals surface area contributed by atoms with Crippen molar-refractivity contribution in [1.29, 1.82) is 0 Å². The summed E-state index contributed by atoms with van der Waals surface area (Å²) in [5.41, 5.74) is 0.332. The molecular formula is C11H15N3O4S.